The molecule has 0 aromatic heterocycles. The quantitative estimate of drug-likeness (QED) is 0.556. The van der Waals surface area contributed by atoms with E-state index in [-0.39, 0.29) is 24.6 Å². The molecule has 2 amide bonds. The third kappa shape index (κ3) is 6.31. The van der Waals surface area contributed by atoms with Crippen molar-refractivity contribution in [1.82, 2.24) is 10.2 Å². The van der Waals surface area contributed by atoms with Gasteiger partial charge in [0, 0.05) is 19.0 Å². The number of rotatable bonds is 10. The zero-order valence-corrected chi connectivity index (χ0v) is 20.1. The van der Waals surface area contributed by atoms with Gasteiger partial charge in [-0.05, 0) is 55.4 Å². The molecule has 1 fully saturated rings. The topological polar surface area (TPSA) is 67.9 Å². The summed E-state index contributed by atoms with van der Waals surface area (Å²) in [6, 6.07) is 15.7. The standard InChI is InChI=1S/C28H36N2O4/c1-2-24(28(32)29-23-11-7-4-8-12-23)30(18-17-21-9-5-3-6-10-21)27(31)16-14-22-13-15-25-26(19-22)34-20-33-25/h3,5-6,9-10,13,15,19,23-24H,2,4,7-8,11-12,14,16-18,20H2,1H3,(H,29,32). The molecule has 6 heteroatoms. The van der Waals surface area contributed by atoms with Gasteiger partial charge in [0.2, 0.25) is 18.6 Å². The Morgan fingerprint density at radius 1 is 0.971 bits per heavy atom. The molecule has 1 atom stereocenters. The number of hydrogen-bond donors (Lipinski definition) is 1. The molecule has 6 nitrogen and oxygen atoms in total. The minimum atomic E-state index is -0.449. The number of carbonyl (C=O) groups is 2. The summed E-state index contributed by atoms with van der Waals surface area (Å²) in [5.41, 5.74) is 2.19. The van der Waals surface area contributed by atoms with E-state index in [2.05, 4.69) is 17.4 Å². The third-order valence-electron chi connectivity index (χ3n) is 6.89. The maximum atomic E-state index is 13.5. The van der Waals surface area contributed by atoms with Crippen LogP contribution in [0.3, 0.4) is 0 Å². The van der Waals surface area contributed by atoms with Gasteiger partial charge in [-0.25, -0.2) is 0 Å². The lowest BCUT2D eigenvalue weighted by molar-refractivity contribution is -0.141. The van der Waals surface area contributed by atoms with Crippen molar-refractivity contribution in [1.29, 1.82) is 0 Å². The summed E-state index contributed by atoms with van der Waals surface area (Å²) in [5.74, 6) is 1.47. The van der Waals surface area contributed by atoms with Gasteiger partial charge in [-0.15, -0.1) is 0 Å². The number of fused-ring (bicyclic) bond motifs is 1. The first-order valence-electron chi connectivity index (χ1n) is 12.7. The molecule has 0 radical (unpaired) electrons. The van der Waals surface area contributed by atoms with E-state index < -0.39 is 6.04 Å². The van der Waals surface area contributed by atoms with Crippen LogP contribution < -0.4 is 14.8 Å². The molecular formula is C28H36N2O4. The summed E-state index contributed by atoms with van der Waals surface area (Å²) in [4.78, 5) is 28.5. The highest BCUT2D eigenvalue weighted by Crippen LogP contribution is 2.32. The lowest BCUT2D eigenvalue weighted by Crippen LogP contribution is -2.52. The molecule has 1 aliphatic heterocycles. The summed E-state index contributed by atoms with van der Waals surface area (Å²) in [5, 5.41) is 3.24. The van der Waals surface area contributed by atoms with Gasteiger partial charge in [-0.1, -0.05) is 62.6 Å². The van der Waals surface area contributed by atoms with Gasteiger partial charge < -0.3 is 19.7 Å². The van der Waals surface area contributed by atoms with Gasteiger partial charge in [0.25, 0.3) is 0 Å². The normalized spacial score (nSPS) is 16.1. The lowest BCUT2D eigenvalue weighted by atomic mass is 9.95. The van der Waals surface area contributed by atoms with Gasteiger partial charge in [0.1, 0.15) is 6.04 Å². The lowest BCUT2D eigenvalue weighted by Gasteiger charge is -2.33. The van der Waals surface area contributed by atoms with Crippen molar-refractivity contribution < 1.29 is 19.1 Å². The van der Waals surface area contributed by atoms with E-state index >= 15 is 0 Å². The van der Waals surface area contributed by atoms with Crippen LogP contribution in [0.2, 0.25) is 0 Å². The SMILES string of the molecule is CCC(C(=O)NC1CCCCC1)N(CCc1ccccc1)C(=O)CCc1ccc2c(c1)OCO2. The van der Waals surface area contributed by atoms with Gasteiger partial charge in [-0.3, -0.25) is 9.59 Å². The maximum absolute atomic E-state index is 13.5. The molecule has 1 unspecified atom stereocenters. The first kappa shape index (κ1) is 24.1. The van der Waals surface area contributed by atoms with E-state index in [1.165, 1.54) is 12.0 Å². The zero-order chi connectivity index (χ0) is 23.8. The Bertz CT molecular complexity index is 956. The predicted octanol–water partition coefficient (Wildman–Crippen LogP) is 4.65. The minimum absolute atomic E-state index is 0.0132. The van der Waals surface area contributed by atoms with Crippen LogP contribution in [-0.4, -0.2) is 42.1 Å². The van der Waals surface area contributed by atoms with Crippen molar-refractivity contribution in [3.8, 4) is 11.5 Å². The second kappa shape index (κ2) is 11.9. The van der Waals surface area contributed by atoms with Crippen LogP contribution >= 0.6 is 0 Å². The van der Waals surface area contributed by atoms with Crippen LogP contribution in [0.25, 0.3) is 0 Å². The van der Waals surface area contributed by atoms with Gasteiger partial charge in [-0.2, -0.15) is 0 Å². The molecule has 1 N–H and O–H groups in total. The van der Waals surface area contributed by atoms with Crippen molar-refractivity contribution >= 4 is 11.8 Å². The van der Waals surface area contributed by atoms with Crippen LogP contribution in [0.15, 0.2) is 48.5 Å². The average Bonchev–Trinajstić information content (AvgIpc) is 3.34. The molecule has 2 aromatic carbocycles. The van der Waals surface area contributed by atoms with E-state index in [0.717, 1.165) is 49.2 Å². The molecule has 1 heterocycles. The van der Waals surface area contributed by atoms with E-state index in [9.17, 15) is 9.59 Å². The van der Waals surface area contributed by atoms with Gasteiger partial charge in [0.15, 0.2) is 11.5 Å². The molecule has 4 rings (SSSR count). The zero-order valence-electron chi connectivity index (χ0n) is 20.1. The first-order chi connectivity index (χ1) is 16.6. The van der Waals surface area contributed by atoms with Crippen molar-refractivity contribution in [2.45, 2.75) is 76.8 Å². The summed E-state index contributed by atoms with van der Waals surface area (Å²) in [6.45, 7) is 2.76. The largest absolute Gasteiger partial charge is 0.454 e. The fourth-order valence-electron chi connectivity index (χ4n) is 4.93. The van der Waals surface area contributed by atoms with E-state index in [1.807, 2.05) is 43.3 Å². The first-order valence-corrected chi connectivity index (χ1v) is 12.7. The summed E-state index contributed by atoms with van der Waals surface area (Å²) >= 11 is 0. The molecule has 34 heavy (non-hydrogen) atoms. The fourth-order valence-corrected chi connectivity index (χ4v) is 4.93. The fraction of sp³-hybridized carbons (Fsp3) is 0.500. The Kier molecular flexibility index (Phi) is 8.45. The summed E-state index contributed by atoms with van der Waals surface area (Å²) in [7, 11) is 0. The second-order valence-corrected chi connectivity index (χ2v) is 9.28. The number of ether oxygens (including phenoxy) is 2. The monoisotopic (exact) mass is 464 g/mol. The van der Waals surface area contributed by atoms with Crippen LogP contribution in [0, 0.1) is 0 Å². The second-order valence-electron chi connectivity index (χ2n) is 9.28. The molecule has 2 aromatic rings. The van der Waals surface area contributed by atoms with Gasteiger partial charge in [0.05, 0.1) is 0 Å². The number of hydrogen-bond acceptors (Lipinski definition) is 4. The molecule has 2 aliphatic rings. The van der Waals surface area contributed by atoms with E-state index in [0.29, 0.717) is 25.8 Å². The average molecular weight is 465 g/mol. The molecule has 1 saturated carbocycles. The van der Waals surface area contributed by atoms with Crippen molar-refractivity contribution in [2.75, 3.05) is 13.3 Å². The number of carbonyl (C=O) groups excluding carboxylic acids is 2. The molecule has 0 bridgehead atoms. The van der Waals surface area contributed by atoms with Crippen LogP contribution in [0.5, 0.6) is 11.5 Å². The van der Waals surface area contributed by atoms with E-state index in [4.69, 9.17) is 9.47 Å². The smallest absolute Gasteiger partial charge is 0.243 e. The number of amides is 2. The minimum Gasteiger partial charge on any atom is -0.454 e. The highest BCUT2D eigenvalue weighted by atomic mass is 16.7. The molecular weight excluding hydrogens is 428 g/mol. The Labute approximate surface area is 202 Å². The third-order valence-corrected chi connectivity index (χ3v) is 6.89. The van der Waals surface area contributed by atoms with Crippen molar-refractivity contribution in [3.05, 3.63) is 59.7 Å². The molecule has 0 spiro atoms. The maximum Gasteiger partial charge on any atom is 0.243 e. The Hall–Kier alpha value is -3.02. The van der Waals surface area contributed by atoms with Crippen molar-refractivity contribution in [2.24, 2.45) is 0 Å². The van der Waals surface area contributed by atoms with E-state index in [1.54, 1.807) is 4.90 Å². The Morgan fingerprint density at radius 2 is 1.74 bits per heavy atom. The number of nitrogens with zero attached hydrogens (tertiary/aromatic N) is 1. The van der Waals surface area contributed by atoms with Crippen molar-refractivity contribution in [3.63, 3.8) is 0 Å². The number of aryl methyl sites for hydroxylation is 1. The molecule has 182 valence electrons. The number of nitrogens with one attached hydrogen (secondary N) is 1. The summed E-state index contributed by atoms with van der Waals surface area (Å²) in [6.07, 6.45) is 7.90. The summed E-state index contributed by atoms with van der Waals surface area (Å²) < 4.78 is 10.9. The van der Waals surface area contributed by atoms with Crippen LogP contribution in [0.4, 0.5) is 0 Å². The van der Waals surface area contributed by atoms with Crippen LogP contribution in [-0.2, 0) is 22.4 Å². The predicted molar refractivity (Wildman–Crippen MR) is 132 cm³/mol. The Balaban J connectivity index is 1.43. The number of benzene rings is 2. The van der Waals surface area contributed by atoms with Gasteiger partial charge >= 0.3 is 0 Å². The highest BCUT2D eigenvalue weighted by molar-refractivity contribution is 5.88. The molecule has 1 aliphatic carbocycles. The Morgan fingerprint density at radius 3 is 2.50 bits per heavy atom. The molecule has 0 saturated heterocycles. The highest BCUT2D eigenvalue weighted by Gasteiger charge is 2.30. The van der Waals surface area contributed by atoms with Crippen LogP contribution in [0.1, 0.15) is 63.0 Å².